The molecule has 0 aliphatic carbocycles. The van der Waals surface area contributed by atoms with Crippen molar-refractivity contribution in [3.8, 4) is 0 Å². The standard InChI is InChI=1S/C72H122O6/c1-4-7-10-13-16-19-22-25-27-29-31-32-33-34-35-36-37-38-39-40-41-43-44-47-50-53-56-59-62-65-71(74)77-68-69(67-76-70(73)64-61-58-55-52-49-46-24-21-18-15-12-9-6-3)78-72(75)66-63-60-57-54-51-48-45-42-30-28-26-23-20-17-14-11-8-5-2/h7,10,16,19,21,24-25,27,31-32,34-35,37-38,40-41,44,47,69H,4-6,8-9,11-15,17-18,20,22-23,26,28-30,33,36,39,42-43,45-46,48-68H2,1-3H3/b10-7-,19-16-,24-21-,27-25-,32-31-,35-34-,38-37-,41-40-,47-44-. The van der Waals surface area contributed by atoms with E-state index in [0.717, 1.165) is 128 Å². The zero-order valence-corrected chi connectivity index (χ0v) is 51.2. The van der Waals surface area contributed by atoms with E-state index < -0.39 is 6.10 Å². The molecule has 0 aromatic carbocycles. The number of carbonyl (C=O) groups excluding carboxylic acids is 3. The van der Waals surface area contributed by atoms with Crippen LogP contribution in [0.1, 0.15) is 310 Å². The van der Waals surface area contributed by atoms with E-state index in [1.165, 1.54) is 141 Å². The van der Waals surface area contributed by atoms with E-state index in [1.54, 1.807) is 0 Å². The van der Waals surface area contributed by atoms with Gasteiger partial charge in [0.25, 0.3) is 0 Å². The van der Waals surface area contributed by atoms with Gasteiger partial charge < -0.3 is 14.2 Å². The van der Waals surface area contributed by atoms with Gasteiger partial charge in [0.05, 0.1) is 0 Å². The maximum Gasteiger partial charge on any atom is 0.306 e. The van der Waals surface area contributed by atoms with Crippen molar-refractivity contribution < 1.29 is 28.6 Å². The number of carbonyl (C=O) groups is 3. The molecule has 0 heterocycles. The summed E-state index contributed by atoms with van der Waals surface area (Å²) in [6.07, 6.45) is 89.5. The zero-order chi connectivity index (χ0) is 56.4. The lowest BCUT2D eigenvalue weighted by Gasteiger charge is -2.18. The van der Waals surface area contributed by atoms with Crippen LogP contribution in [0.4, 0.5) is 0 Å². The summed E-state index contributed by atoms with van der Waals surface area (Å²) < 4.78 is 16.9. The van der Waals surface area contributed by atoms with Crippen LogP contribution in [0.15, 0.2) is 109 Å². The molecule has 0 aromatic heterocycles. The second-order valence-electron chi connectivity index (χ2n) is 21.6. The maximum atomic E-state index is 12.9. The molecule has 0 radical (unpaired) electrons. The molecule has 0 bridgehead atoms. The normalized spacial score (nSPS) is 12.8. The van der Waals surface area contributed by atoms with Crippen LogP contribution >= 0.6 is 0 Å². The topological polar surface area (TPSA) is 78.9 Å². The largest absolute Gasteiger partial charge is 0.462 e. The maximum absolute atomic E-state index is 12.9. The van der Waals surface area contributed by atoms with Crippen molar-refractivity contribution in [2.45, 2.75) is 316 Å². The number of hydrogen-bond acceptors (Lipinski definition) is 6. The predicted molar refractivity (Wildman–Crippen MR) is 339 cm³/mol. The van der Waals surface area contributed by atoms with Gasteiger partial charge in [-0.05, 0) is 109 Å². The van der Waals surface area contributed by atoms with Gasteiger partial charge in [0, 0.05) is 19.3 Å². The van der Waals surface area contributed by atoms with Crippen LogP contribution in [0.5, 0.6) is 0 Å². The highest BCUT2D eigenvalue weighted by atomic mass is 16.6. The first-order chi connectivity index (χ1) is 38.5. The Morgan fingerprint density at radius 2 is 0.500 bits per heavy atom. The van der Waals surface area contributed by atoms with Gasteiger partial charge in [-0.1, -0.05) is 291 Å². The number of hydrogen-bond donors (Lipinski definition) is 0. The number of esters is 3. The zero-order valence-electron chi connectivity index (χ0n) is 51.2. The third-order valence-corrected chi connectivity index (χ3v) is 14.0. The fraction of sp³-hybridized carbons (Fsp3) is 0.708. The summed E-state index contributed by atoms with van der Waals surface area (Å²) in [7, 11) is 0. The number of unbranched alkanes of at least 4 members (excludes halogenated alkanes) is 30. The first kappa shape index (κ1) is 74.1. The molecule has 0 aliphatic heterocycles. The van der Waals surface area contributed by atoms with Crippen LogP contribution in [-0.2, 0) is 28.6 Å². The number of rotatable bonds is 59. The van der Waals surface area contributed by atoms with Gasteiger partial charge >= 0.3 is 17.9 Å². The minimum absolute atomic E-state index is 0.0887. The van der Waals surface area contributed by atoms with Crippen molar-refractivity contribution in [2.75, 3.05) is 13.2 Å². The Morgan fingerprint density at radius 1 is 0.269 bits per heavy atom. The molecule has 446 valence electrons. The molecule has 0 rings (SSSR count). The van der Waals surface area contributed by atoms with Crippen LogP contribution in [-0.4, -0.2) is 37.2 Å². The Labute approximate surface area is 482 Å². The van der Waals surface area contributed by atoms with Crippen LogP contribution in [0.2, 0.25) is 0 Å². The molecule has 0 amide bonds. The first-order valence-corrected chi connectivity index (χ1v) is 32.9. The second-order valence-corrected chi connectivity index (χ2v) is 21.6. The molecular formula is C72H122O6. The van der Waals surface area contributed by atoms with Gasteiger partial charge in [0.1, 0.15) is 13.2 Å². The van der Waals surface area contributed by atoms with E-state index in [-0.39, 0.29) is 31.1 Å². The molecule has 0 N–H and O–H groups in total. The Kier molecular flexibility index (Phi) is 62.3. The van der Waals surface area contributed by atoms with Crippen LogP contribution in [0.3, 0.4) is 0 Å². The summed E-state index contributed by atoms with van der Waals surface area (Å²) in [4.78, 5) is 38.3. The smallest absolute Gasteiger partial charge is 0.306 e. The molecule has 78 heavy (non-hydrogen) atoms. The second kappa shape index (κ2) is 65.6. The summed E-state index contributed by atoms with van der Waals surface area (Å²) >= 11 is 0. The molecule has 0 aromatic rings. The Morgan fingerprint density at radius 3 is 0.808 bits per heavy atom. The quantitative estimate of drug-likeness (QED) is 0.0261. The van der Waals surface area contributed by atoms with E-state index in [9.17, 15) is 14.4 Å². The van der Waals surface area contributed by atoms with E-state index in [1.807, 2.05) is 0 Å². The molecule has 6 nitrogen and oxygen atoms in total. The van der Waals surface area contributed by atoms with E-state index in [0.29, 0.717) is 19.3 Å². The molecule has 0 fully saturated rings. The van der Waals surface area contributed by atoms with E-state index in [2.05, 4.69) is 130 Å². The molecule has 0 spiro atoms. The molecule has 0 aliphatic rings. The van der Waals surface area contributed by atoms with Crippen LogP contribution in [0, 0.1) is 0 Å². The van der Waals surface area contributed by atoms with Crippen molar-refractivity contribution in [1.29, 1.82) is 0 Å². The van der Waals surface area contributed by atoms with E-state index in [4.69, 9.17) is 14.2 Å². The molecule has 1 atom stereocenters. The van der Waals surface area contributed by atoms with Crippen molar-refractivity contribution in [1.82, 2.24) is 0 Å². The lowest BCUT2D eigenvalue weighted by molar-refractivity contribution is -0.167. The highest BCUT2D eigenvalue weighted by Crippen LogP contribution is 2.16. The summed E-state index contributed by atoms with van der Waals surface area (Å²) in [5.74, 6) is -0.912. The molecule has 0 saturated carbocycles. The highest BCUT2D eigenvalue weighted by molar-refractivity contribution is 5.71. The van der Waals surface area contributed by atoms with Crippen LogP contribution < -0.4 is 0 Å². The molecule has 6 heteroatoms. The van der Waals surface area contributed by atoms with Gasteiger partial charge in [0.15, 0.2) is 6.10 Å². The minimum atomic E-state index is -0.793. The summed E-state index contributed by atoms with van der Waals surface area (Å²) in [5, 5.41) is 0. The Hall–Kier alpha value is -3.93. The third kappa shape index (κ3) is 62.9. The summed E-state index contributed by atoms with van der Waals surface area (Å²) in [6, 6.07) is 0. The van der Waals surface area contributed by atoms with Gasteiger partial charge in [0.2, 0.25) is 0 Å². The first-order valence-electron chi connectivity index (χ1n) is 32.9. The minimum Gasteiger partial charge on any atom is -0.462 e. The summed E-state index contributed by atoms with van der Waals surface area (Å²) in [6.45, 7) is 6.51. The monoisotopic (exact) mass is 1080 g/mol. The predicted octanol–water partition coefficient (Wildman–Crippen LogP) is 22.6. The fourth-order valence-electron chi connectivity index (χ4n) is 9.10. The SMILES string of the molecule is CC/C=C\C/C=C\C/C=C\C/C=C\C/C=C\C/C=C\C/C=C\C/C=C\CCCCCCC(=O)OCC(COC(=O)CCCCCCC/C=C\CCCCCC)OC(=O)CCCCCCCCCCCCCCCCCCCC. The average Bonchev–Trinajstić information content (AvgIpc) is 3.44. The van der Waals surface area contributed by atoms with Crippen LogP contribution in [0.25, 0.3) is 0 Å². The van der Waals surface area contributed by atoms with Gasteiger partial charge in [-0.15, -0.1) is 0 Å². The van der Waals surface area contributed by atoms with E-state index >= 15 is 0 Å². The lowest BCUT2D eigenvalue weighted by atomic mass is 10.0. The number of allylic oxidation sites excluding steroid dienone is 18. The van der Waals surface area contributed by atoms with Gasteiger partial charge in [-0.3, -0.25) is 14.4 Å². The molecule has 0 saturated heterocycles. The van der Waals surface area contributed by atoms with Crippen molar-refractivity contribution >= 4 is 17.9 Å². The van der Waals surface area contributed by atoms with Gasteiger partial charge in [-0.25, -0.2) is 0 Å². The van der Waals surface area contributed by atoms with Gasteiger partial charge in [-0.2, -0.15) is 0 Å². The van der Waals surface area contributed by atoms with Crippen molar-refractivity contribution in [2.24, 2.45) is 0 Å². The number of ether oxygens (including phenoxy) is 3. The Bertz CT molecular complexity index is 1570. The molecular weight excluding hydrogens is 961 g/mol. The van der Waals surface area contributed by atoms with Crippen molar-refractivity contribution in [3.05, 3.63) is 109 Å². The lowest BCUT2D eigenvalue weighted by Crippen LogP contribution is -2.30. The fourth-order valence-corrected chi connectivity index (χ4v) is 9.10. The Balaban J connectivity index is 4.37. The molecule has 1 unspecified atom stereocenters. The van der Waals surface area contributed by atoms with Crippen molar-refractivity contribution in [3.63, 3.8) is 0 Å². The summed E-state index contributed by atoms with van der Waals surface area (Å²) in [5.41, 5.74) is 0. The third-order valence-electron chi connectivity index (χ3n) is 14.0. The average molecular weight is 1080 g/mol. The highest BCUT2D eigenvalue weighted by Gasteiger charge is 2.19.